The number of carbonyl (C=O) groups is 1. The van der Waals surface area contributed by atoms with E-state index in [1.165, 1.54) is 18.4 Å². The third-order valence-electron chi connectivity index (χ3n) is 3.30. The molecule has 0 aromatic heterocycles. The van der Waals surface area contributed by atoms with Gasteiger partial charge in [0.05, 0.1) is 6.54 Å². The van der Waals surface area contributed by atoms with Crippen LogP contribution in [0.3, 0.4) is 0 Å². The molecule has 1 aliphatic carbocycles. The fourth-order valence-electron chi connectivity index (χ4n) is 2.30. The molecule has 0 aliphatic heterocycles. The third-order valence-corrected chi connectivity index (χ3v) is 3.30. The zero-order valence-corrected chi connectivity index (χ0v) is 10.3. The summed E-state index contributed by atoms with van der Waals surface area (Å²) in [6.45, 7) is 2.40. The number of benzene rings is 1. The molecule has 1 aromatic carbocycles. The van der Waals surface area contributed by atoms with Gasteiger partial charge < -0.3 is 10.6 Å². The van der Waals surface area contributed by atoms with Gasteiger partial charge in [0.25, 0.3) is 0 Å². The molecule has 0 bridgehead atoms. The highest BCUT2D eigenvalue weighted by Crippen LogP contribution is 2.17. The molecule has 92 valence electrons. The Labute approximate surface area is 103 Å². The maximum atomic E-state index is 11.7. The lowest BCUT2D eigenvalue weighted by molar-refractivity contribution is -0.120. The number of nitrogens with one attached hydrogen (secondary N) is 2. The highest BCUT2D eigenvalue weighted by atomic mass is 16.1. The van der Waals surface area contributed by atoms with Crippen molar-refractivity contribution in [2.75, 3.05) is 11.9 Å². The van der Waals surface area contributed by atoms with Gasteiger partial charge in [-0.2, -0.15) is 0 Å². The highest BCUT2D eigenvalue weighted by Gasteiger charge is 2.16. The number of para-hydroxylation sites is 1. The lowest BCUT2D eigenvalue weighted by Crippen LogP contribution is -2.36. The summed E-state index contributed by atoms with van der Waals surface area (Å²) in [7, 11) is 0. The molecule has 0 radical (unpaired) electrons. The number of aryl methyl sites for hydroxylation is 1. The van der Waals surface area contributed by atoms with Gasteiger partial charge in [-0.15, -0.1) is 0 Å². The van der Waals surface area contributed by atoms with Crippen molar-refractivity contribution in [2.24, 2.45) is 0 Å². The van der Waals surface area contributed by atoms with Crippen molar-refractivity contribution >= 4 is 11.6 Å². The zero-order chi connectivity index (χ0) is 12.1. The second kappa shape index (κ2) is 5.71. The minimum Gasteiger partial charge on any atom is -0.376 e. The number of anilines is 1. The van der Waals surface area contributed by atoms with E-state index in [9.17, 15) is 4.79 Å². The molecular formula is C14H20N2O. The van der Waals surface area contributed by atoms with Gasteiger partial charge in [0.2, 0.25) is 5.91 Å². The summed E-state index contributed by atoms with van der Waals surface area (Å²) in [5, 5.41) is 6.24. The van der Waals surface area contributed by atoms with Gasteiger partial charge in [-0.3, -0.25) is 4.79 Å². The summed E-state index contributed by atoms with van der Waals surface area (Å²) >= 11 is 0. The highest BCUT2D eigenvalue weighted by molar-refractivity contribution is 5.81. The van der Waals surface area contributed by atoms with E-state index < -0.39 is 0 Å². The molecule has 1 saturated carbocycles. The van der Waals surface area contributed by atoms with Crippen molar-refractivity contribution in [3.63, 3.8) is 0 Å². The number of rotatable bonds is 4. The Kier molecular flexibility index (Phi) is 4.02. The molecule has 17 heavy (non-hydrogen) atoms. The first-order chi connectivity index (χ1) is 8.25. The van der Waals surface area contributed by atoms with Crippen molar-refractivity contribution in [2.45, 2.75) is 38.6 Å². The Bertz CT molecular complexity index is 384. The van der Waals surface area contributed by atoms with E-state index in [1.807, 2.05) is 31.2 Å². The van der Waals surface area contributed by atoms with Crippen LogP contribution in [0, 0.1) is 6.92 Å². The van der Waals surface area contributed by atoms with Crippen LogP contribution < -0.4 is 10.6 Å². The number of amides is 1. The lowest BCUT2D eigenvalue weighted by atomic mass is 10.2. The average Bonchev–Trinajstić information content (AvgIpc) is 2.81. The van der Waals surface area contributed by atoms with Gasteiger partial charge in [0.15, 0.2) is 0 Å². The molecule has 2 N–H and O–H groups in total. The summed E-state index contributed by atoms with van der Waals surface area (Å²) in [5.74, 6) is 0.0974. The summed E-state index contributed by atoms with van der Waals surface area (Å²) < 4.78 is 0. The van der Waals surface area contributed by atoms with Gasteiger partial charge >= 0.3 is 0 Å². The van der Waals surface area contributed by atoms with E-state index in [1.54, 1.807) is 0 Å². The zero-order valence-electron chi connectivity index (χ0n) is 10.3. The maximum Gasteiger partial charge on any atom is 0.239 e. The van der Waals surface area contributed by atoms with Gasteiger partial charge in [-0.05, 0) is 31.4 Å². The number of hydrogen-bond acceptors (Lipinski definition) is 2. The molecule has 0 atom stereocenters. The van der Waals surface area contributed by atoms with Crippen LogP contribution in [0.25, 0.3) is 0 Å². The van der Waals surface area contributed by atoms with Gasteiger partial charge in [-0.1, -0.05) is 31.0 Å². The van der Waals surface area contributed by atoms with Gasteiger partial charge in [-0.25, -0.2) is 0 Å². The molecule has 0 heterocycles. The van der Waals surface area contributed by atoms with Crippen molar-refractivity contribution < 1.29 is 4.79 Å². The second-order valence-corrected chi connectivity index (χ2v) is 4.72. The molecule has 0 spiro atoms. The molecule has 1 fully saturated rings. The molecule has 2 rings (SSSR count). The SMILES string of the molecule is Cc1ccccc1NCC(=O)NC1CCCC1. The van der Waals surface area contributed by atoms with Crippen molar-refractivity contribution in [3.8, 4) is 0 Å². The van der Waals surface area contributed by atoms with E-state index in [4.69, 9.17) is 0 Å². The first kappa shape index (κ1) is 12.0. The monoisotopic (exact) mass is 232 g/mol. The number of carbonyl (C=O) groups excluding carboxylic acids is 1. The van der Waals surface area contributed by atoms with Gasteiger partial charge in [0, 0.05) is 11.7 Å². The Morgan fingerprint density at radius 1 is 1.29 bits per heavy atom. The third kappa shape index (κ3) is 3.48. The summed E-state index contributed by atoms with van der Waals surface area (Å²) in [6, 6.07) is 8.42. The van der Waals surface area contributed by atoms with Crippen LogP contribution in [0.2, 0.25) is 0 Å². The summed E-state index contributed by atoms with van der Waals surface area (Å²) in [5.41, 5.74) is 2.20. The van der Waals surface area contributed by atoms with Crippen molar-refractivity contribution in [3.05, 3.63) is 29.8 Å². The molecule has 1 aromatic rings. The van der Waals surface area contributed by atoms with Crippen molar-refractivity contribution in [1.29, 1.82) is 0 Å². The Balaban J connectivity index is 1.77. The van der Waals surface area contributed by atoms with E-state index >= 15 is 0 Å². The van der Waals surface area contributed by atoms with E-state index in [0.29, 0.717) is 12.6 Å². The summed E-state index contributed by atoms with van der Waals surface area (Å²) in [6.07, 6.45) is 4.76. The van der Waals surface area contributed by atoms with Crippen molar-refractivity contribution in [1.82, 2.24) is 5.32 Å². The largest absolute Gasteiger partial charge is 0.376 e. The first-order valence-corrected chi connectivity index (χ1v) is 6.34. The fraction of sp³-hybridized carbons (Fsp3) is 0.500. The Morgan fingerprint density at radius 2 is 2.00 bits per heavy atom. The molecule has 0 saturated heterocycles. The molecule has 3 nitrogen and oxygen atoms in total. The van der Waals surface area contributed by atoms with E-state index in [0.717, 1.165) is 18.5 Å². The van der Waals surface area contributed by atoms with Crippen LogP contribution >= 0.6 is 0 Å². The smallest absolute Gasteiger partial charge is 0.239 e. The van der Waals surface area contributed by atoms with Gasteiger partial charge in [0.1, 0.15) is 0 Å². The Morgan fingerprint density at radius 3 is 2.71 bits per heavy atom. The number of hydrogen-bond donors (Lipinski definition) is 2. The maximum absolute atomic E-state index is 11.7. The van der Waals surface area contributed by atoms with Crippen LogP contribution in [-0.2, 0) is 4.79 Å². The van der Waals surface area contributed by atoms with Crippen LogP contribution in [0.4, 0.5) is 5.69 Å². The predicted molar refractivity (Wildman–Crippen MR) is 70.1 cm³/mol. The minimum atomic E-state index is 0.0974. The van der Waals surface area contributed by atoms with Crippen LogP contribution in [0.15, 0.2) is 24.3 Å². The molecule has 0 unspecified atom stereocenters. The average molecular weight is 232 g/mol. The fourth-order valence-corrected chi connectivity index (χ4v) is 2.30. The molecule has 1 aliphatic rings. The van der Waals surface area contributed by atoms with E-state index in [2.05, 4.69) is 10.6 Å². The second-order valence-electron chi connectivity index (χ2n) is 4.72. The van der Waals surface area contributed by atoms with Crippen LogP contribution in [0.5, 0.6) is 0 Å². The first-order valence-electron chi connectivity index (χ1n) is 6.34. The molecular weight excluding hydrogens is 212 g/mol. The minimum absolute atomic E-state index is 0.0974. The topological polar surface area (TPSA) is 41.1 Å². The lowest BCUT2D eigenvalue weighted by Gasteiger charge is -2.13. The molecule has 3 heteroatoms. The van der Waals surface area contributed by atoms with E-state index in [-0.39, 0.29) is 5.91 Å². The van der Waals surface area contributed by atoms with Crippen LogP contribution in [0.1, 0.15) is 31.2 Å². The predicted octanol–water partition coefficient (Wildman–Crippen LogP) is 2.47. The quantitative estimate of drug-likeness (QED) is 0.837. The van der Waals surface area contributed by atoms with Crippen LogP contribution in [-0.4, -0.2) is 18.5 Å². The Hall–Kier alpha value is -1.51. The standard InChI is InChI=1S/C14H20N2O/c1-11-6-2-5-9-13(11)15-10-14(17)16-12-7-3-4-8-12/h2,5-6,9,12,15H,3-4,7-8,10H2,1H3,(H,16,17). The summed E-state index contributed by atoms with van der Waals surface area (Å²) in [4.78, 5) is 11.7. The normalized spacial score (nSPS) is 15.8. The molecule has 1 amide bonds.